The zero-order valence-corrected chi connectivity index (χ0v) is 37.1. The monoisotopic (exact) mass is 804 g/mol. The summed E-state index contributed by atoms with van der Waals surface area (Å²) in [5.74, 6) is -6.10. The Bertz CT molecular complexity index is 1380. The largest absolute Gasteiger partial charge is 1.00 e. The quantitative estimate of drug-likeness (QED) is 0.257. The first-order valence-corrected chi connectivity index (χ1v) is 21.2. The van der Waals surface area contributed by atoms with E-state index in [-0.39, 0.29) is 35.7 Å². The van der Waals surface area contributed by atoms with Crippen LogP contribution < -0.4 is 29.6 Å². The van der Waals surface area contributed by atoms with Crippen LogP contribution in [0.4, 0.5) is 0 Å². The molecule has 3 spiro atoms. The molecular formula is C40H66BNaO14. The maximum Gasteiger partial charge on any atom is 1.00 e. The Balaban J connectivity index is 0.00000532. The molecule has 0 saturated carbocycles. The maximum atomic E-state index is 14.6. The molecule has 0 aromatic heterocycles. The molecule has 7 aliphatic rings. The van der Waals surface area contributed by atoms with Crippen LogP contribution in [0.5, 0.6) is 0 Å². The summed E-state index contributed by atoms with van der Waals surface area (Å²) in [5, 5.41) is 34.2. The second kappa shape index (κ2) is 16.8. The zero-order valence-electron chi connectivity index (χ0n) is 35.1. The SMILES string of the molecule is C[C@@H]1CC[C@@H]2O[C@]13O[B-]14O[C@H]3C(=O)O[C@H]([C@@H](C)O)CCCCC[C@H](O)C(C)(C)[C@@H]3CC[C@@H](C)[C@](O3)(O1)[C@@H](O4)C(=O)O[C@H]1C[C@@H](CCC[C@@H](O)C2(C)C)O[C@@H]1C.[Na+]. The van der Waals surface area contributed by atoms with Crippen molar-refractivity contribution in [2.45, 2.75) is 218 Å². The standard InChI is InChI=1S/C40H66BO14.Na/c1-22-18-20-32-38(7,8)30(44)16-12-13-26-21-28(25(4)47-26)49-36(46)34-40-23(2)17-19-31(50-40)37(5,6)29(43)15-11-9-10-14-27(24(3)42)48-35(45)33-39(22,51-32)54-41(52-33,53-34)55-40;/h22-34,42-44H,9-21H2,1-8H3;/q-1;+1/t22-,23-,24-,25-,26-,27+,28+,29+,30-,31+,32+,33+,34+,39+,40+,41?;/m1./s1. The number of cyclic esters (lactones) is 1. The van der Waals surface area contributed by atoms with Crippen molar-refractivity contribution in [2.75, 3.05) is 0 Å². The summed E-state index contributed by atoms with van der Waals surface area (Å²) < 4.78 is 59.5. The van der Waals surface area contributed by atoms with Crippen molar-refractivity contribution < 1.29 is 96.8 Å². The molecule has 7 rings (SSSR count). The minimum absolute atomic E-state index is 0. The van der Waals surface area contributed by atoms with Gasteiger partial charge in [-0.15, -0.1) is 0 Å². The molecule has 7 aliphatic heterocycles. The predicted octanol–water partition coefficient (Wildman–Crippen LogP) is 1.58. The van der Waals surface area contributed by atoms with E-state index in [1.807, 2.05) is 48.5 Å². The van der Waals surface area contributed by atoms with Gasteiger partial charge in [-0.2, -0.15) is 0 Å². The van der Waals surface area contributed by atoms with Crippen LogP contribution in [0.15, 0.2) is 0 Å². The van der Waals surface area contributed by atoms with E-state index in [1.54, 1.807) is 6.92 Å². The van der Waals surface area contributed by atoms with Gasteiger partial charge in [-0.3, -0.25) is 0 Å². The maximum absolute atomic E-state index is 14.6. The van der Waals surface area contributed by atoms with Crippen LogP contribution in [-0.2, 0) is 51.9 Å². The van der Waals surface area contributed by atoms with Crippen LogP contribution in [0.3, 0.4) is 0 Å². The Morgan fingerprint density at radius 2 is 1.18 bits per heavy atom. The van der Waals surface area contributed by atoms with Gasteiger partial charge < -0.3 is 57.6 Å². The van der Waals surface area contributed by atoms with Crippen LogP contribution in [0.1, 0.15) is 139 Å². The van der Waals surface area contributed by atoms with Crippen molar-refractivity contribution in [1.29, 1.82) is 0 Å². The summed E-state index contributed by atoms with van der Waals surface area (Å²) in [4.78, 5) is 29.2. The Hall–Kier alpha value is -0.395. The minimum atomic E-state index is -3.44. The third-order valence-electron chi connectivity index (χ3n) is 14.5. The molecule has 56 heavy (non-hydrogen) atoms. The number of aliphatic hydroxyl groups excluding tert-OH is 3. The molecule has 1 unspecified atom stereocenters. The molecule has 0 aromatic rings. The summed E-state index contributed by atoms with van der Waals surface area (Å²) >= 11 is 0. The summed E-state index contributed by atoms with van der Waals surface area (Å²) in [5.41, 5.74) is -1.55. The first-order valence-electron chi connectivity index (χ1n) is 21.2. The van der Waals surface area contributed by atoms with Gasteiger partial charge in [0.25, 0.3) is 0 Å². The number of carbonyl (C=O) groups is 2. The molecule has 3 N–H and O–H groups in total. The third kappa shape index (κ3) is 8.07. The molecule has 16 atom stereocenters. The predicted molar refractivity (Wildman–Crippen MR) is 197 cm³/mol. The molecule has 7 fully saturated rings. The molecule has 7 saturated heterocycles. The van der Waals surface area contributed by atoms with Crippen LogP contribution in [0, 0.1) is 22.7 Å². The van der Waals surface area contributed by atoms with Gasteiger partial charge >= 0.3 is 48.5 Å². The number of rotatable bonds is 1. The van der Waals surface area contributed by atoms with E-state index in [4.69, 9.17) is 42.3 Å². The number of aliphatic hydroxyl groups is 3. The number of fused-ring (bicyclic) bond motifs is 6. The van der Waals surface area contributed by atoms with Crippen LogP contribution in [-0.4, -0.2) is 113 Å². The van der Waals surface area contributed by atoms with E-state index in [0.29, 0.717) is 77.0 Å². The van der Waals surface area contributed by atoms with Crippen molar-refractivity contribution >= 4 is 18.9 Å². The second-order valence-electron chi connectivity index (χ2n) is 19.1. The summed E-state index contributed by atoms with van der Waals surface area (Å²) in [6.45, 7) is 11.6. The summed E-state index contributed by atoms with van der Waals surface area (Å²) in [7, 11) is 0. The molecule has 0 amide bonds. The fraction of sp³-hybridized carbons (Fsp3) is 0.950. The van der Waals surface area contributed by atoms with Crippen LogP contribution in [0.25, 0.3) is 0 Å². The van der Waals surface area contributed by atoms with Crippen molar-refractivity contribution in [1.82, 2.24) is 0 Å². The van der Waals surface area contributed by atoms with Gasteiger partial charge in [-0.25, -0.2) is 9.59 Å². The number of esters is 2. The van der Waals surface area contributed by atoms with Gasteiger partial charge in [0.2, 0.25) is 0 Å². The Kier molecular flexibility index (Phi) is 13.6. The fourth-order valence-corrected chi connectivity index (χ4v) is 10.3. The van der Waals surface area contributed by atoms with Gasteiger partial charge in [0, 0.05) is 29.1 Å². The first kappa shape index (κ1) is 45.1. The van der Waals surface area contributed by atoms with E-state index in [9.17, 15) is 24.9 Å². The molecule has 7 heterocycles. The summed E-state index contributed by atoms with van der Waals surface area (Å²) in [6, 6.07) is 0. The molecule has 0 aliphatic carbocycles. The van der Waals surface area contributed by atoms with E-state index < -0.39 is 114 Å². The first-order chi connectivity index (χ1) is 25.8. The molecule has 0 aromatic carbocycles. The third-order valence-corrected chi connectivity index (χ3v) is 14.5. The summed E-state index contributed by atoms with van der Waals surface area (Å²) in [6.07, 6.45) is -1.20. The van der Waals surface area contributed by atoms with Gasteiger partial charge in [0.15, 0.2) is 23.8 Å². The molecule has 14 nitrogen and oxygen atoms in total. The average molecular weight is 805 g/mol. The minimum Gasteiger partial charge on any atom is -0.504 e. The molecular weight excluding hydrogens is 738 g/mol. The van der Waals surface area contributed by atoms with E-state index >= 15 is 0 Å². The van der Waals surface area contributed by atoms with Crippen molar-refractivity contribution in [3.8, 4) is 0 Å². The van der Waals surface area contributed by atoms with E-state index in [1.165, 1.54) is 0 Å². The average Bonchev–Trinajstić information content (AvgIpc) is 3.75. The van der Waals surface area contributed by atoms with Gasteiger partial charge in [-0.1, -0.05) is 54.4 Å². The Morgan fingerprint density at radius 1 is 0.679 bits per heavy atom. The van der Waals surface area contributed by atoms with Gasteiger partial charge in [0.05, 0.1) is 42.7 Å². The van der Waals surface area contributed by atoms with Gasteiger partial charge in [-0.05, 0) is 78.1 Å². The van der Waals surface area contributed by atoms with Crippen molar-refractivity contribution in [3.63, 3.8) is 0 Å². The van der Waals surface area contributed by atoms with Gasteiger partial charge in [0.1, 0.15) is 12.2 Å². The number of hydrogen-bond acceptors (Lipinski definition) is 14. The second-order valence-corrected chi connectivity index (χ2v) is 19.1. The zero-order chi connectivity index (χ0) is 39.7. The van der Waals surface area contributed by atoms with E-state index in [2.05, 4.69) is 0 Å². The molecule has 16 heteroatoms. The Morgan fingerprint density at radius 3 is 1.71 bits per heavy atom. The topological polar surface area (TPSA) is 178 Å². The van der Waals surface area contributed by atoms with Crippen molar-refractivity contribution in [2.24, 2.45) is 22.7 Å². The number of carbonyl (C=O) groups excluding carboxylic acids is 2. The molecule has 9 bridgehead atoms. The molecule has 314 valence electrons. The Labute approximate surface area is 354 Å². The van der Waals surface area contributed by atoms with E-state index in [0.717, 1.165) is 6.42 Å². The van der Waals surface area contributed by atoms with Crippen molar-refractivity contribution in [3.05, 3.63) is 0 Å². The number of hydrogen-bond donors (Lipinski definition) is 3. The number of ether oxygens (including phenoxy) is 5. The normalized spacial score (nSPS) is 48.9. The molecule has 0 radical (unpaired) electrons. The van der Waals surface area contributed by atoms with Crippen LogP contribution in [0.2, 0.25) is 0 Å². The smallest absolute Gasteiger partial charge is 0.504 e. The van der Waals surface area contributed by atoms with Crippen LogP contribution >= 0.6 is 0 Å². The fourth-order valence-electron chi connectivity index (χ4n) is 10.3.